The second-order valence-corrected chi connectivity index (χ2v) is 15.3. The van der Waals surface area contributed by atoms with Crippen molar-refractivity contribution in [2.75, 3.05) is 26.4 Å². The molecule has 3 N–H and O–H groups in total. The average molecular weight is 732 g/mol. The molecule has 0 aliphatic carbocycles. The molecule has 0 aromatic rings. The molecule has 0 aliphatic rings. The Hall–Kier alpha value is -1.25. The Kier molecular flexibility index (Phi) is 36.6. The molecule has 296 valence electrons. The molecule has 0 heterocycles. The van der Waals surface area contributed by atoms with E-state index in [9.17, 15) is 19.0 Å². The van der Waals surface area contributed by atoms with Crippen LogP contribution < -0.4 is 5.73 Å². The molecule has 10 heteroatoms. The van der Waals surface area contributed by atoms with E-state index in [1.54, 1.807) is 0 Å². The topological polar surface area (TPSA) is 134 Å². The number of allylic oxidation sites excluding steroid dienone is 2. The molecule has 0 spiro atoms. The first-order valence-electron chi connectivity index (χ1n) is 20.7. The van der Waals surface area contributed by atoms with Crippen LogP contribution in [0.2, 0.25) is 0 Å². The zero-order chi connectivity index (χ0) is 36.8. The van der Waals surface area contributed by atoms with Gasteiger partial charge in [-0.05, 0) is 38.5 Å². The van der Waals surface area contributed by atoms with Crippen LogP contribution in [0.3, 0.4) is 0 Å². The Labute approximate surface area is 307 Å². The first-order valence-corrected chi connectivity index (χ1v) is 22.2. The molecule has 9 nitrogen and oxygen atoms in total. The largest absolute Gasteiger partial charge is 0.472 e. The van der Waals surface area contributed by atoms with Crippen LogP contribution in [0.25, 0.3) is 0 Å². The molecule has 0 aromatic carbocycles. The van der Waals surface area contributed by atoms with Crippen LogP contribution in [0, 0.1) is 0 Å². The second kappa shape index (κ2) is 37.5. The minimum absolute atomic E-state index is 0.0546. The van der Waals surface area contributed by atoms with E-state index in [1.165, 1.54) is 109 Å². The minimum atomic E-state index is -4.37. The van der Waals surface area contributed by atoms with Crippen molar-refractivity contribution in [2.24, 2.45) is 5.73 Å². The maximum atomic E-state index is 12.5. The third-order valence-electron chi connectivity index (χ3n) is 8.90. The Morgan fingerprint density at radius 1 is 0.580 bits per heavy atom. The number of nitrogens with two attached hydrogens (primary N) is 1. The molecule has 50 heavy (non-hydrogen) atoms. The molecule has 0 aromatic heterocycles. The van der Waals surface area contributed by atoms with Crippen LogP contribution in [0.5, 0.6) is 0 Å². The number of rotatable bonds is 39. The van der Waals surface area contributed by atoms with E-state index in [1.807, 2.05) is 0 Å². The molecule has 0 radical (unpaired) electrons. The van der Waals surface area contributed by atoms with Crippen molar-refractivity contribution >= 4 is 19.8 Å². The first kappa shape index (κ1) is 48.8. The lowest BCUT2D eigenvalue weighted by molar-refractivity contribution is -0.161. The van der Waals surface area contributed by atoms with Gasteiger partial charge in [0.2, 0.25) is 0 Å². The lowest BCUT2D eigenvalue weighted by Crippen LogP contribution is -2.29. The van der Waals surface area contributed by atoms with Crippen LogP contribution in [0.1, 0.15) is 200 Å². The van der Waals surface area contributed by atoms with Gasteiger partial charge in [-0.1, -0.05) is 161 Å². The van der Waals surface area contributed by atoms with Crippen LogP contribution in [-0.2, 0) is 32.7 Å². The predicted molar refractivity (Wildman–Crippen MR) is 206 cm³/mol. The van der Waals surface area contributed by atoms with E-state index < -0.39 is 26.5 Å². The third kappa shape index (κ3) is 36.5. The van der Waals surface area contributed by atoms with Gasteiger partial charge in [-0.25, -0.2) is 4.57 Å². The fraction of sp³-hybridized carbons (Fsp3) is 0.900. The van der Waals surface area contributed by atoms with E-state index in [0.717, 1.165) is 57.8 Å². The van der Waals surface area contributed by atoms with Gasteiger partial charge >= 0.3 is 19.8 Å². The molecular weight excluding hydrogens is 653 g/mol. The van der Waals surface area contributed by atoms with E-state index in [4.69, 9.17) is 24.3 Å². The number of phosphoric acid groups is 1. The molecule has 0 rings (SSSR count). The minimum Gasteiger partial charge on any atom is -0.462 e. The molecule has 0 bridgehead atoms. The summed E-state index contributed by atoms with van der Waals surface area (Å²) in [6.45, 7) is 3.71. The van der Waals surface area contributed by atoms with Gasteiger partial charge in [0, 0.05) is 19.4 Å². The van der Waals surface area contributed by atoms with Crippen LogP contribution >= 0.6 is 7.82 Å². The average Bonchev–Trinajstić information content (AvgIpc) is 3.10. The van der Waals surface area contributed by atoms with E-state index in [2.05, 4.69) is 26.0 Å². The molecule has 1 unspecified atom stereocenters. The van der Waals surface area contributed by atoms with Gasteiger partial charge in [-0.2, -0.15) is 0 Å². The number of unbranched alkanes of at least 4 members (excludes halogenated alkanes) is 24. The number of hydrogen-bond acceptors (Lipinski definition) is 8. The van der Waals surface area contributed by atoms with E-state index >= 15 is 0 Å². The quantitative estimate of drug-likeness (QED) is 0.0274. The highest BCUT2D eigenvalue weighted by Crippen LogP contribution is 2.43. The number of esters is 2. The van der Waals surface area contributed by atoms with Gasteiger partial charge in [0.05, 0.1) is 13.2 Å². The molecule has 0 saturated heterocycles. The summed E-state index contributed by atoms with van der Waals surface area (Å²) in [5.41, 5.74) is 5.34. The summed E-state index contributed by atoms with van der Waals surface area (Å²) in [6, 6.07) is 0. The van der Waals surface area contributed by atoms with E-state index in [0.29, 0.717) is 6.42 Å². The Bertz CT molecular complexity index is 840. The van der Waals surface area contributed by atoms with Crippen molar-refractivity contribution in [3.05, 3.63) is 12.2 Å². The summed E-state index contributed by atoms with van der Waals surface area (Å²) >= 11 is 0. The van der Waals surface area contributed by atoms with Gasteiger partial charge in [0.15, 0.2) is 6.10 Å². The summed E-state index contributed by atoms with van der Waals surface area (Å²) in [7, 11) is -4.37. The molecule has 0 amide bonds. The fourth-order valence-corrected chi connectivity index (χ4v) is 6.57. The van der Waals surface area contributed by atoms with Gasteiger partial charge in [-0.15, -0.1) is 0 Å². The monoisotopic (exact) mass is 732 g/mol. The Morgan fingerprint density at radius 2 is 0.980 bits per heavy atom. The highest BCUT2D eigenvalue weighted by atomic mass is 31.2. The fourth-order valence-electron chi connectivity index (χ4n) is 5.81. The van der Waals surface area contributed by atoms with Gasteiger partial charge in [0.1, 0.15) is 6.61 Å². The Morgan fingerprint density at radius 3 is 1.46 bits per heavy atom. The molecule has 0 saturated carbocycles. The van der Waals surface area contributed by atoms with Gasteiger partial charge in [0.25, 0.3) is 0 Å². The summed E-state index contributed by atoms with van der Waals surface area (Å²) in [5.74, 6) is -0.831. The van der Waals surface area contributed by atoms with Crippen molar-refractivity contribution in [3.8, 4) is 0 Å². The Balaban J connectivity index is 4.12. The molecule has 2 atom stereocenters. The summed E-state index contributed by atoms with van der Waals surface area (Å²) in [4.78, 5) is 34.7. The smallest absolute Gasteiger partial charge is 0.462 e. The molecule has 0 aliphatic heterocycles. The highest BCUT2D eigenvalue weighted by Gasteiger charge is 2.26. The first-order chi connectivity index (χ1) is 24.3. The maximum absolute atomic E-state index is 12.5. The summed E-state index contributed by atoms with van der Waals surface area (Å²) < 4.78 is 32.7. The van der Waals surface area contributed by atoms with Gasteiger partial charge < -0.3 is 20.1 Å². The number of hydrogen-bond donors (Lipinski definition) is 2. The van der Waals surface area contributed by atoms with E-state index in [-0.39, 0.29) is 38.6 Å². The number of carbonyl (C=O) groups is 2. The normalized spacial score (nSPS) is 13.4. The zero-order valence-electron chi connectivity index (χ0n) is 32.4. The second-order valence-electron chi connectivity index (χ2n) is 13.9. The maximum Gasteiger partial charge on any atom is 0.472 e. The van der Waals surface area contributed by atoms with Crippen molar-refractivity contribution in [1.29, 1.82) is 0 Å². The zero-order valence-corrected chi connectivity index (χ0v) is 33.3. The lowest BCUT2D eigenvalue weighted by Gasteiger charge is -2.19. The molecular formula is C40H78NO8P. The standard InChI is InChI=1S/C40H78NO8P/c1-3-5-7-9-11-13-15-17-18-19-20-21-23-24-26-28-30-32-39(42)46-36-38(37-48-50(44,45)47-35-34-41)49-40(43)33-31-29-27-25-22-16-14-12-10-8-6-4-2/h12,14,38H,3-11,13,15-37,41H2,1-2H3,(H,44,45)/b14-12-/t38-/m1/s1. The van der Waals surface area contributed by atoms with Crippen LogP contribution in [-0.4, -0.2) is 49.3 Å². The highest BCUT2D eigenvalue weighted by molar-refractivity contribution is 7.47. The predicted octanol–water partition coefficient (Wildman–Crippen LogP) is 11.4. The van der Waals surface area contributed by atoms with Crippen LogP contribution in [0.4, 0.5) is 0 Å². The van der Waals surface area contributed by atoms with Crippen molar-refractivity contribution < 1.29 is 37.6 Å². The number of phosphoric ester groups is 1. The van der Waals surface area contributed by atoms with Crippen molar-refractivity contribution in [2.45, 2.75) is 206 Å². The summed E-state index contributed by atoms with van der Waals surface area (Å²) in [5, 5.41) is 0. The van der Waals surface area contributed by atoms with Crippen LogP contribution in [0.15, 0.2) is 12.2 Å². The van der Waals surface area contributed by atoms with Crippen molar-refractivity contribution in [3.63, 3.8) is 0 Å². The van der Waals surface area contributed by atoms with Crippen molar-refractivity contribution in [1.82, 2.24) is 0 Å². The van der Waals surface area contributed by atoms with Gasteiger partial charge in [-0.3, -0.25) is 18.6 Å². The lowest BCUT2D eigenvalue weighted by atomic mass is 10.0. The number of ether oxygens (including phenoxy) is 2. The number of carbonyl (C=O) groups excluding carboxylic acids is 2. The summed E-state index contributed by atoms with van der Waals surface area (Å²) in [6.07, 6.45) is 36.7. The molecule has 0 fully saturated rings. The SMILES string of the molecule is CCCCC/C=C\CCCCCCCC(=O)O[C@H](COC(=O)CCCCCCCCCCCCCCCCCCC)COP(=O)(O)OCCN. The third-order valence-corrected chi connectivity index (χ3v) is 9.89.